The Hall–Kier alpha value is -1.17. The van der Waals surface area contributed by atoms with Gasteiger partial charge in [0.25, 0.3) is 10.1 Å². The van der Waals surface area contributed by atoms with Crippen LogP contribution in [0.15, 0.2) is 34.5 Å². The van der Waals surface area contributed by atoms with Crippen LogP contribution in [0.1, 0.15) is 11.1 Å². The van der Waals surface area contributed by atoms with Crippen molar-refractivity contribution in [2.45, 2.75) is 18.7 Å². The van der Waals surface area contributed by atoms with Gasteiger partial charge in [0.15, 0.2) is 0 Å². The van der Waals surface area contributed by atoms with Gasteiger partial charge in [-0.05, 0) is 43.0 Å². The quantitative estimate of drug-likeness (QED) is 0.850. The van der Waals surface area contributed by atoms with Gasteiger partial charge in [0, 0.05) is 10.4 Å². The molecule has 2 rings (SSSR count). The van der Waals surface area contributed by atoms with Crippen LogP contribution in [0, 0.1) is 13.8 Å². The fourth-order valence-corrected chi connectivity index (χ4v) is 3.32. The van der Waals surface area contributed by atoms with E-state index in [9.17, 15) is 13.0 Å². The largest absolute Gasteiger partial charge is 0.295 e. The highest BCUT2D eigenvalue weighted by Gasteiger charge is 2.17. The van der Waals surface area contributed by atoms with Crippen molar-refractivity contribution < 1.29 is 13.0 Å². The first-order valence-electron chi connectivity index (χ1n) is 5.01. The fourth-order valence-electron chi connectivity index (χ4n) is 1.63. The molecule has 0 aliphatic heterocycles. The summed E-state index contributed by atoms with van der Waals surface area (Å²) >= 11 is 1.47. The molecule has 0 saturated carbocycles. The first-order valence-corrected chi connectivity index (χ1v) is 7.33. The highest BCUT2D eigenvalue weighted by Crippen LogP contribution is 2.32. The molecule has 1 heterocycles. The van der Waals surface area contributed by atoms with E-state index >= 15 is 0 Å². The molecule has 0 fully saturated rings. The van der Waals surface area contributed by atoms with Gasteiger partial charge in [-0.2, -0.15) is 8.42 Å². The van der Waals surface area contributed by atoms with Crippen molar-refractivity contribution in [2.24, 2.45) is 0 Å². The third-order valence-electron chi connectivity index (χ3n) is 2.41. The molecular weight excluding hydrogens is 256 g/mol. The standard InChI is InChI=1S/C12H12O3S2/c1-8-3-4-12(17(13,14)15)10(5-8)11-6-9(2)7-16-11/h3-7H,1-2H3,(H,13,14,15). The summed E-state index contributed by atoms with van der Waals surface area (Å²) < 4.78 is 31.8. The second kappa shape index (κ2) is 4.25. The van der Waals surface area contributed by atoms with Gasteiger partial charge in [-0.1, -0.05) is 11.6 Å². The molecule has 0 atom stereocenters. The van der Waals surface area contributed by atoms with Crippen LogP contribution in [0.2, 0.25) is 0 Å². The molecule has 0 amide bonds. The third-order valence-corrected chi connectivity index (χ3v) is 4.40. The Morgan fingerprint density at radius 1 is 1.12 bits per heavy atom. The highest BCUT2D eigenvalue weighted by atomic mass is 32.2. The Morgan fingerprint density at radius 3 is 2.35 bits per heavy atom. The minimum absolute atomic E-state index is 0.0371. The van der Waals surface area contributed by atoms with E-state index in [1.54, 1.807) is 12.1 Å². The molecule has 2 aromatic rings. The minimum atomic E-state index is -4.18. The average molecular weight is 268 g/mol. The van der Waals surface area contributed by atoms with Crippen LogP contribution < -0.4 is 0 Å². The summed E-state index contributed by atoms with van der Waals surface area (Å²) in [7, 11) is -4.18. The van der Waals surface area contributed by atoms with Gasteiger partial charge in [-0.3, -0.25) is 4.55 Å². The number of hydrogen-bond donors (Lipinski definition) is 1. The predicted molar refractivity (Wildman–Crippen MR) is 69.0 cm³/mol. The lowest BCUT2D eigenvalue weighted by molar-refractivity contribution is 0.483. The summed E-state index contributed by atoms with van der Waals surface area (Å²) in [6.45, 7) is 3.83. The maximum atomic E-state index is 11.3. The van der Waals surface area contributed by atoms with E-state index in [1.165, 1.54) is 17.4 Å². The van der Waals surface area contributed by atoms with Crippen molar-refractivity contribution in [3.8, 4) is 10.4 Å². The molecule has 0 saturated heterocycles. The van der Waals surface area contributed by atoms with Gasteiger partial charge in [0.2, 0.25) is 0 Å². The smallest absolute Gasteiger partial charge is 0.282 e. The molecule has 3 nitrogen and oxygen atoms in total. The molecule has 17 heavy (non-hydrogen) atoms. The van der Waals surface area contributed by atoms with E-state index in [-0.39, 0.29) is 4.90 Å². The summed E-state index contributed by atoms with van der Waals surface area (Å²) in [6, 6.07) is 6.80. The predicted octanol–water partition coefficient (Wildman–Crippen LogP) is 3.28. The Balaban J connectivity index is 2.71. The molecule has 90 valence electrons. The molecule has 0 unspecified atom stereocenters. The van der Waals surface area contributed by atoms with Crippen LogP contribution in [0.25, 0.3) is 10.4 Å². The molecule has 1 aromatic carbocycles. The van der Waals surface area contributed by atoms with Crippen molar-refractivity contribution in [3.05, 3.63) is 40.8 Å². The Bertz CT molecular complexity index is 654. The van der Waals surface area contributed by atoms with Crippen LogP contribution in [0.3, 0.4) is 0 Å². The SMILES string of the molecule is Cc1csc(-c2cc(C)ccc2S(=O)(=O)O)c1. The number of benzene rings is 1. The van der Waals surface area contributed by atoms with Gasteiger partial charge in [-0.15, -0.1) is 11.3 Å². The number of aryl methyl sites for hydroxylation is 2. The van der Waals surface area contributed by atoms with Crippen LogP contribution in [0.4, 0.5) is 0 Å². The van der Waals surface area contributed by atoms with Gasteiger partial charge < -0.3 is 0 Å². The van der Waals surface area contributed by atoms with E-state index in [0.717, 1.165) is 16.0 Å². The van der Waals surface area contributed by atoms with Gasteiger partial charge in [-0.25, -0.2) is 0 Å². The molecule has 0 aliphatic rings. The number of rotatable bonds is 2. The lowest BCUT2D eigenvalue weighted by Gasteiger charge is -2.06. The lowest BCUT2D eigenvalue weighted by atomic mass is 10.1. The fraction of sp³-hybridized carbons (Fsp3) is 0.167. The summed E-state index contributed by atoms with van der Waals surface area (Å²) in [4.78, 5) is 0.809. The number of hydrogen-bond acceptors (Lipinski definition) is 3. The van der Waals surface area contributed by atoms with Crippen molar-refractivity contribution in [1.29, 1.82) is 0 Å². The van der Waals surface area contributed by atoms with E-state index in [1.807, 2.05) is 25.3 Å². The second-order valence-electron chi connectivity index (χ2n) is 3.96. The molecule has 1 aromatic heterocycles. The first kappa shape index (κ1) is 12.3. The summed E-state index contributed by atoms with van der Waals surface area (Å²) in [5, 5.41) is 1.95. The van der Waals surface area contributed by atoms with E-state index < -0.39 is 10.1 Å². The van der Waals surface area contributed by atoms with E-state index in [4.69, 9.17) is 0 Å². The average Bonchev–Trinajstić information content (AvgIpc) is 2.62. The molecule has 0 spiro atoms. The van der Waals surface area contributed by atoms with Gasteiger partial charge in [0.1, 0.15) is 4.90 Å². The lowest BCUT2D eigenvalue weighted by Crippen LogP contribution is -2.00. The Kier molecular flexibility index (Phi) is 3.07. The highest BCUT2D eigenvalue weighted by molar-refractivity contribution is 7.86. The maximum Gasteiger partial charge on any atom is 0.295 e. The van der Waals surface area contributed by atoms with Gasteiger partial charge in [0.05, 0.1) is 0 Å². The zero-order chi connectivity index (χ0) is 12.6. The molecule has 0 bridgehead atoms. The summed E-state index contributed by atoms with van der Waals surface area (Å²) in [6.07, 6.45) is 0. The normalized spacial score (nSPS) is 11.7. The number of thiophene rings is 1. The van der Waals surface area contributed by atoms with Crippen LogP contribution in [0.5, 0.6) is 0 Å². The van der Waals surface area contributed by atoms with Crippen molar-refractivity contribution in [2.75, 3.05) is 0 Å². The van der Waals surface area contributed by atoms with E-state index in [2.05, 4.69) is 0 Å². The van der Waals surface area contributed by atoms with Crippen LogP contribution in [-0.2, 0) is 10.1 Å². The second-order valence-corrected chi connectivity index (χ2v) is 6.26. The third kappa shape index (κ3) is 2.57. The van der Waals surface area contributed by atoms with Crippen molar-refractivity contribution >= 4 is 21.5 Å². The van der Waals surface area contributed by atoms with Gasteiger partial charge >= 0.3 is 0 Å². The van der Waals surface area contributed by atoms with Crippen molar-refractivity contribution in [3.63, 3.8) is 0 Å². The summed E-state index contributed by atoms with van der Waals surface area (Å²) in [5.74, 6) is 0. The molecular formula is C12H12O3S2. The Labute approximate surface area is 104 Å². The first-order chi connectivity index (χ1) is 7.88. The molecule has 5 heteroatoms. The minimum Gasteiger partial charge on any atom is -0.282 e. The zero-order valence-corrected chi connectivity index (χ0v) is 11.1. The molecule has 1 N–H and O–H groups in total. The summed E-state index contributed by atoms with van der Waals surface area (Å²) in [5.41, 5.74) is 2.59. The van der Waals surface area contributed by atoms with Crippen LogP contribution >= 0.6 is 11.3 Å². The Morgan fingerprint density at radius 2 is 1.82 bits per heavy atom. The topological polar surface area (TPSA) is 54.4 Å². The maximum absolute atomic E-state index is 11.3. The zero-order valence-electron chi connectivity index (χ0n) is 9.47. The van der Waals surface area contributed by atoms with E-state index in [0.29, 0.717) is 5.56 Å². The van der Waals surface area contributed by atoms with Crippen LogP contribution in [-0.4, -0.2) is 13.0 Å². The molecule has 0 aliphatic carbocycles. The molecule has 0 radical (unpaired) electrons. The van der Waals surface area contributed by atoms with Crippen molar-refractivity contribution in [1.82, 2.24) is 0 Å². The monoisotopic (exact) mass is 268 g/mol.